The van der Waals surface area contributed by atoms with Crippen molar-refractivity contribution in [2.45, 2.75) is 16.8 Å². The highest BCUT2D eigenvalue weighted by Crippen LogP contribution is 2.34. The fourth-order valence-electron chi connectivity index (χ4n) is 2.84. The van der Waals surface area contributed by atoms with Gasteiger partial charge >= 0.3 is 0 Å². The molecule has 1 atom stereocenters. The molecule has 2 aromatic rings. The first kappa shape index (κ1) is 19.1. The summed E-state index contributed by atoms with van der Waals surface area (Å²) in [5.74, 6) is -0.0523. The Bertz CT molecular complexity index is 902. The van der Waals surface area contributed by atoms with Crippen LogP contribution in [-0.2, 0) is 21.7 Å². The fraction of sp³-hybridized carbons (Fsp3) is 0.467. The minimum absolute atomic E-state index is 0.0786. The van der Waals surface area contributed by atoms with Gasteiger partial charge in [0.05, 0.1) is 16.8 Å². The lowest BCUT2D eigenvalue weighted by Gasteiger charge is -2.19. The van der Waals surface area contributed by atoms with Crippen LogP contribution >= 0.6 is 23.4 Å². The fourth-order valence-corrected chi connectivity index (χ4v) is 5.74. The van der Waals surface area contributed by atoms with Crippen molar-refractivity contribution < 1.29 is 13.2 Å². The number of amides is 1. The van der Waals surface area contributed by atoms with Crippen molar-refractivity contribution in [1.82, 2.24) is 25.1 Å². The predicted molar refractivity (Wildman–Crippen MR) is 98.7 cm³/mol. The van der Waals surface area contributed by atoms with Gasteiger partial charge < -0.3 is 4.90 Å². The first-order valence-corrected chi connectivity index (χ1v) is 11.1. The molecule has 1 saturated heterocycles. The van der Waals surface area contributed by atoms with E-state index in [4.69, 9.17) is 11.6 Å². The highest BCUT2D eigenvalue weighted by molar-refractivity contribution is 7.99. The zero-order valence-corrected chi connectivity index (χ0v) is 16.5. The van der Waals surface area contributed by atoms with Crippen LogP contribution in [0.3, 0.4) is 0 Å². The minimum Gasteiger partial charge on any atom is -0.341 e. The highest BCUT2D eigenvalue weighted by atomic mass is 35.5. The number of benzene rings is 1. The standard InChI is InChI=1S/C15H18ClN5O3S2/c1-20-15(17-18-19-20)25-10-14(22)21-7-6-13(26(23,24)9-8-21)11-4-2-3-5-12(11)16/h2-5,13H,6-10H2,1H3. The Balaban J connectivity index is 1.69. The second-order valence-electron chi connectivity index (χ2n) is 5.92. The lowest BCUT2D eigenvalue weighted by molar-refractivity contribution is -0.128. The van der Waals surface area contributed by atoms with Crippen LogP contribution in [0.25, 0.3) is 0 Å². The molecule has 0 bridgehead atoms. The monoisotopic (exact) mass is 415 g/mol. The van der Waals surface area contributed by atoms with Crippen molar-refractivity contribution in [2.24, 2.45) is 7.05 Å². The summed E-state index contributed by atoms with van der Waals surface area (Å²) in [6.45, 7) is 0.547. The topological polar surface area (TPSA) is 98.1 Å². The first-order chi connectivity index (χ1) is 12.4. The van der Waals surface area contributed by atoms with Crippen LogP contribution < -0.4 is 0 Å². The molecule has 1 amide bonds. The van der Waals surface area contributed by atoms with E-state index in [1.54, 1.807) is 36.2 Å². The molecule has 0 saturated carbocycles. The molecule has 26 heavy (non-hydrogen) atoms. The number of nitrogens with zero attached hydrogens (tertiary/aromatic N) is 5. The Morgan fingerprint density at radius 1 is 1.35 bits per heavy atom. The van der Waals surface area contributed by atoms with E-state index >= 15 is 0 Å². The van der Waals surface area contributed by atoms with Crippen molar-refractivity contribution >= 4 is 39.1 Å². The number of hydrogen-bond acceptors (Lipinski definition) is 7. The van der Waals surface area contributed by atoms with Crippen molar-refractivity contribution in [3.63, 3.8) is 0 Å². The van der Waals surface area contributed by atoms with Gasteiger partial charge in [-0.05, 0) is 28.5 Å². The van der Waals surface area contributed by atoms with Gasteiger partial charge in [0, 0.05) is 25.2 Å². The summed E-state index contributed by atoms with van der Waals surface area (Å²) in [5.41, 5.74) is 0.600. The molecule has 8 nitrogen and oxygen atoms in total. The van der Waals surface area contributed by atoms with E-state index in [9.17, 15) is 13.2 Å². The van der Waals surface area contributed by atoms with Gasteiger partial charge in [0.1, 0.15) is 0 Å². The van der Waals surface area contributed by atoms with Crippen LogP contribution in [0.4, 0.5) is 0 Å². The molecule has 0 spiro atoms. The Hall–Kier alpha value is -1.65. The van der Waals surface area contributed by atoms with Crippen molar-refractivity contribution in [1.29, 1.82) is 0 Å². The zero-order chi connectivity index (χ0) is 18.7. The number of halogens is 1. The van der Waals surface area contributed by atoms with Crippen LogP contribution in [0.5, 0.6) is 0 Å². The third-order valence-electron chi connectivity index (χ3n) is 4.25. The van der Waals surface area contributed by atoms with Gasteiger partial charge in [-0.1, -0.05) is 41.6 Å². The Kier molecular flexibility index (Phi) is 5.83. The predicted octanol–water partition coefficient (Wildman–Crippen LogP) is 1.34. The smallest absolute Gasteiger partial charge is 0.233 e. The third-order valence-corrected chi connectivity index (χ3v) is 7.70. The van der Waals surface area contributed by atoms with Crippen LogP contribution in [0, 0.1) is 0 Å². The van der Waals surface area contributed by atoms with E-state index in [1.807, 2.05) is 0 Å². The maximum absolute atomic E-state index is 12.7. The summed E-state index contributed by atoms with van der Waals surface area (Å²) < 4.78 is 26.8. The van der Waals surface area contributed by atoms with Gasteiger partial charge in [-0.3, -0.25) is 4.79 Å². The molecule has 1 aromatic heterocycles. The second kappa shape index (κ2) is 7.93. The van der Waals surface area contributed by atoms with E-state index in [1.165, 1.54) is 16.4 Å². The molecule has 140 valence electrons. The van der Waals surface area contributed by atoms with Crippen LogP contribution in [0.15, 0.2) is 29.4 Å². The van der Waals surface area contributed by atoms with Crippen molar-refractivity contribution in [2.75, 3.05) is 24.6 Å². The summed E-state index contributed by atoms with van der Waals surface area (Å²) in [7, 11) is -1.69. The average molecular weight is 416 g/mol. The average Bonchev–Trinajstić information content (AvgIpc) is 2.94. The van der Waals surface area contributed by atoms with Crippen LogP contribution in [0.2, 0.25) is 5.02 Å². The lowest BCUT2D eigenvalue weighted by Crippen LogP contribution is -2.34. The van der Waals surface area contributed by atoms with Gasteiger partial charge in [0.2, 0.25) is 11.1 Å². The number of tetrazole rings is 1. The molecule has 2 heterocycles. The number of aryl methyl sites for hydroxylation is 1. The normalized spacial score (nSPS) is 19.9. The zero-order valence-electron chi connectivity index (χ0n) is 14.1. The quantitative estimate of drug-likeness (QED) is 0.695. The number of aromatic nitrogens is 4. The molecule has 0 aliphatic carbocycles. The van der Waals surface area contributed by atoms with E-state index in [-0.39, 0.29) is 24.0 Å². The molecule has 11 heteroatoms. The summed E-state index contributed by atoms with van der Waals surface area (Å²) in [6, 6.07) is 6.96. The maximum Gasteiger partial charge on any atom is 0.233 e. The lowest BCUT2D eigenvalue weighted by atomic mass is 10.1. The maximum atomic E-state index is 12.7. The number of carbonyl (C=O) groups excluding carboxylic acids is 1. The molecule has 0 N–H and O–H groups in total. The number of thioether (sulfide) groups is 1. The first-order valence-electron chi connectivity index (χ1n) is 7.97. The summed E-state index contributed by atoms with van der Waals surface area (Å²) in [4.78, 5) is 14.1. The molecule has 0 radical (unpaired) electrons. The third kappa shape index (κ3) is 4.18. The van der Waals surface area contributed by atoms with E-state index in [0.29, 0.717) is 28.7 Å². The molecule has 1 aliphatic rings. The second-order valence-corrected chi connectivity index (χ2v) is 9.57. The highest BCUT2D eigenvalue weighted by Gasteiger charge is 2.33. The van der Waals surface area contributed by atoms with E-state index in [0.717, 1.165) is 0 Å². The van der Waals surface area contributed by atoms with Gasteiger partial charge in [0.25, 0.3) is 0 Å². The van der Waals surface area contributed by atoms with E-state index in [2.05, 4.69) is 15.5 Å². The summed E-state index contributed by atoms with van der Waals surface area (Å²) in [6.07, 6.45) is 0.327. The van der Waals surface area contributed by atoms with Gasteiger partial charge in [-0.25, -0.2) is 13.1 Å². The molecule has 1 fully saturated rings. The van der Waals surface area contributed by atoms with Crippen LogP contribution in [-0.4, -0.2) is 64.0 Å². The minimum atomic E-state index is -3.39. The molecule has 1 unspecified atom stereocenters. The van der Waals surface area contributed by atoms with Crippen molar-refractivity contribution in [3.05, 3.63) is 34.9 Å². The molecule has 1 aromatic carbocycles. The number of carbonyl (C=O) groups is 1. The van der Waals surface area contributed by atoms with Gasteiger partial charge in [-0.15, -0.1) is 5.10 Å². The summed E-state index contributed by atoms with van der Waals surface area (Å²) in [5, 5.41) is 11.3. The molecular weight excluding hydrogens is 398 g/mol. The van der Waals surface area contributed by atoms with E-state index < -0.39 is 15.1 Å². The Morgan fingerprint density at radius 2 is 2.12 bits per heavy atom. The molecule has 3 rings (SSSR count). The number of sulfone groups is 1. The molecule has 1 aliphatic heterocycles. The number of hydrogen-bond donors (Lipinski definition) is 0. The largest absolute Gasteiger partial charge is 0.341 e. The Morgan fingerprint density at radius 3 is 2.81 bits per heavy atom. The number of rotatable bonds is 4. The Labute approximate surface area is 160 Å². The van der Waals surface area contributed by atoms with Gasteiger partial charge in [0.15, 0.2) is 9.84 Å². The van der Waals surface area contributed by atoms with Gasteiger partial charge in [-0.2, -0.15) is 0 Å². The SMILES string of the molecule is Cn1nnnc1SCC(=O)N1CCC(c2ccccc2Cl)S(=O)(=O)CC1. The summed E-state index contributed by atoms with van der Waals surface area (Å²) >= 11 is 7.42. The molecular formula is C15H18ClN5O3S2. The van der Waals surface area contributed by atoms with Crippen LogP contribution in [0.1, 0.15) is 17.2 Å². The van der Waals surface area contributed by atoms with Crippen molar-refractivity contribution in [3.8, 4) is 0 Å².